The quantitative estimate of drug-likeness (QED) is 0.751. The fourth-order valence-corrected chi connectivity index (χ4v) is 3.80. The summed E-state index contributed by atoms with van der Waals surface area (Å²) >= 11 is 0. The third-order valence-electron chi connectivity index (χ3n) is 5.21. The predicted molar refractivity (Wildman–Crippen MR) is 81.9 cm³/mol. The molecule has 0 radical (unpaired) electrons. The SMILES string of the molecule is COC(=O)C1(N)CCCC1CCN(C)CC1CCOCC1. The lowest BCUT2D eigenvalue weighted by Gasteiger charge is -2.31. The lowest BCUT2D eigenvalue weighted by atomic mass is 9.85. The molecule has 0 spiro atoms. The van der Waals surface area contributed by atoms with E-state index >= 15 is 0 Å². The Morgan fingerprint density at radius 3 is 2.76 bits per heavy atom. The summed E-state index contributed by atoms with van der Waals surface area (Å²) in [5.74, 6) is 0.759. The van der Waals surface area contributed by atoms with Crippen molar-refractivity contribution < 1.29 is 14.3 Å². The maximum atomic E-state index is 11.9. The minimum absolute atomic E-state index is 0.239. The molecule has 0 aromatic rings. The normalized spacial score (nSPS) is 30.8. The molecule has 1 heterocycles. The highest BCUT2D eigenvalue weighted by molar-refractivity contribution is 5.81. The number of methoxy groups -OCH3 is 1. The minimum Gasteiger partial charge on any atom is -0.468 e. The number of nitrogens with two attached hydrogens (primary N) is 1. The van der Waals surface area contributed by atoms with Crippen LogP contribution in [-0.4, -0.2) is 56.9 Å². The zero-order valence-corrected chi connectivity index (χ0v) is 13.5. The van der Waals surface area contributed by atoms with E-state index in [2.05, 4.69) is 11.9 Å². The van der Waals surface area contributed by atoms with E-state index in [1.807, 2.05) is 0 Å². The molecule has 0 aromatic heterocycles. The Balaban J connectivity index is 1.77. The molecule has 2 rings (SSSR count). The van der Waals surface area contributed by atoms with Gasteiger partial charge in [-0.05, 0) is 57.5 Å². The molecule has 5 heteroatoms. The molecule has 5 nitrogen and oxygen atoms in total. The van der Waals surface area contributed by atoms with Gasteiger partial charge in [-0.2, -0.15) is 0 Å². The first-order valence-corrected chi connectivity index (χ1v) is 8.20. The summed E-state index contributed by atoms with van der Waals surface area (Å²) in [6.45, 7) is 3.91. The second-order valence-corrected chi connectivity index (χ2v) is 6.73. The molecule has 1 aliphatic heterocycles. The molecule has 122 valence electrons. The zero-order chi connectivity index (χ0) is 15.3. The Labute approximate surface area is 128 Å². The van der Waals surface area contributed by atoms with Gasteiger partial charge in [0, 0.05) is 19.8 Å². The van der Waals surface area contributed by atoms with E-state index in [0.29, 0.717) is 0 Å². The highest BCUT2D eigenvalue weighted by Gasteiger charge is 2.46. The van der Waals surface area contributed by atoms with E-state index < -0.39 is 5.54 Å². The molecule has 1 saturated heterocycles. The topological polar surface area (TPSA) is 64.8 Å². The first-order chi connectivity index (χ1) is 10.1. The Hall–Kier alpha value is -0.650. The summed E-state index contributed by atoms with van der Waals surface area (Å²) < 4.78 is 10.3. The van der Waals surface area contributed by atoms with Crippen LogP contribution in [0.25, 0.3) is 0 Å². The fraction of sp³-hybridized carbons (Fsp3) is 0.938. The van der Waals surface area contributed by atoms with Crippen LogP contribution in [0.2, 0.25) is 0 Å². The number of hydrogen-bond acceptors (Lipinski definition) is 5. The summed E-state index contributed by atoms with van der Waals surface area (Å²) in [4.78, 5) is 14.3. The van der Waals surface area contributed by atoms with Crippen molar-refractivity contribution in [3.05, 3.63) is 0 Å². The van der Waals surface area contributed by atoms with Crippen molar-refractivity contribution in [3.8, 4) is 0 Å². The third-order valence-corrected chi connectivity index (χ3v) is 5.21. The van der Waals surface area contributed by atoms with Gasteiger partial charge in [-0.15, -0.1) is 0 Å². The maximum absolute atomic E-state index is 11.9. The maximum Gasteiger partial charge on any atom is 0.326 e. The average Bonchev–Trinajstić information content (AvgIpc) is 2.87. The van der Waals surface area contributed by atoms with Crippen LogP contribution in [0.1, 0.15) is 38.5 Å². The number of rotatable bonds is 6. The van der Waals surface area contributed by atoms with Crippen LogP contribution >= 0.6 is 0 Å². The summed E-state index contributed by atoms with van der Waals surface area (Å²) in [6, 6.07) is 0. The second kappa shape index (κ2) is 7.56. The number of esters is 1. The van der Waals surface area contributed by atoms with Crippen LogP contribution in [0.4, 0.5) is 0 Å². The van der Waals surface area contributed by atoms with Crippen LogP contribution in [0.3, 0.4) is 0 Å². The van der Waals surface area contributed by atoms with Crippen LogP contribution < -0.4 is 5.73 Å². The molecule has 2 N–H and O–H groups in total. The van der Waals surface area contributed by atoms with Crippen molar-refractivity contribution in [1.82, 2.24) is 4.90 Å². The summed E-state index contributed by atoms with van der Waals surface area (Å²) in [6.07, 6.45) is 6.13. The predicted octanol–water partition coefficient (Wildman–Crippen LogP) is 1.41. The number of carbonyl (C=O) groups is 1. The number of carbonyl (C=O) groups excluding carboxylic acids is 1. The summed E-state index contributed by atoms with van der Waals surface area (Å²) in [7, 11) is 3.60. The van der Waals surface area contributed by atoms with Crippen LogP contribution in [0.5, 0.6) is 0 Å². The van der Waals surface area contributed by atoms with E-state index in [1.54, 1.807) is 0 Å². The Kier molecular flexibility index (Phi) is 6.02. The van der Waals surface area contributed by atoms with Gasteiger partial charge < -0.3 is 20.1 Å². The second-order valence-electron chi connectivity index (χ2n) is 6.73. The first kappa shape index (κ1) is 16.7. The van der Waals surface area contributed by atoms with Crippen molar-refractivity contribution in [2.24, 2.45) is 17.6 Å². The van der Waals surface area contributed by atoms with Gasteiger partial charge in [-0.1, -0.05) is 6.42 Å². The summed E-state index contributed by atoms with van der Waals surface area (Å²) in [5.41, 5.74) is 5.56. The van der Waals surface area contributed by atoms with E-state index in [9.17, 15) is 4.79 Å². The van der Waals surface area contributed by atoms with Crippen molar-refractivity contribution in [2.75, 3.05) is 40.5 Å². The largest absolute Gasteiger partial charge is 0.468 e. The molecular formula is C16H30N2O3. The van der Waals surface area contributed by atoms with Crippen molar-refractivity contribution >= 4 is 5.97 Å². The van der Waals surface area contributed by atoms with Crippen LogP contribution in [0.15, 0.2) is 0 Å². The van der Waals surface area contributed by atoms with Gasteiger partial charge in [0.15, 0.2) is 0 Å². The van der Waals surface area contributed by atoms with Crippen molar-refractivity contribution in [1.29, 1.82) is 0 Å². The molecule has 2 unspecified atom stereocenters. The minimum atomic E-state index is -0.756. The molecule has 0 bridgehead atoms. The molecular weight excluding hydrogens is 268 g/mol. The molecule has 0 aromatic carbocycles. The molecule has 2 atom stereocenters. The van der Waals surface area contributed by atoms with Gasteiger partial charge in [0.25, 0.3) is 0 Å². The van der Waals surface area contributed by atoms with Crippen LogP contribution in [0, 0.1) is 11.8 Å². The van der Waals surface area contributed by atoms with Gasteiger partial charge in [0.2, 0.25) is 0 Å². The zero-order valence-electron chi connectivity index (χ0n) is 13.5. The fourth-order valence-electron chi connectivity index (χ4n) is 3.80. The third kappa shape index (κ3) is 4.18. The first-order valence-electron chi connectivity index (χ1n) is 8.20. The monoisotopic (exact) mass is 298 g/mol. The van der Waals surface area contributed by atoms with Crippen molar-refractivity contribution in [2.45, 2.75) is 44.1 Å². The lowest BCUT2D eigenvalue weighted by molar-refractivity contribution is -0.148. The molecule has 21 heavy (non-hydrogen) atoms. The summed E-state index contributed by atoms with van der Waals surface area (Å²) in [5, 5.41) is 0. The number of ether oxygens (including phenoxy) is 2. The Morgan fingerprint density at radius 1 is 1.38 bits per heavy atom. The van der Waals surface area contributed by atoms with E-state index in [-0.39, 0.29) is 11.9 Å². The molecule has 2 fully saturated rings. The van der Waals surface area contributed by atoms with Crippen LogP contribution in [-0.2, 0) is 14.3 Å². The van der Waals surface area contributed by atoms with E-state index in [0.717, 1.165) is 70.7 Å². The number of nitrogens with zero attached hydrogens (tertiary/aromatic N) is 1. The smallest absolute Gasteiger partial charge is 0.326 e. The van der Waals surface area contributed by atoms with Gasteiger partial charge >= 0.3 is 5.97 Å². The molecule has 1 saturated carbocycles. The van der Waals surface area contributed by atoms with E-state index in [1.165, 1.54) is 7.11 Å². The van der Waals surface area contributed by atoms with Gasteiger partial charge in [0.1, 0.15) is 5.54 Å². The highest BCUT2D eigenvalue weighted by atomic mass is 16.5. The molecule has 2 aliphatic rings. The Morgan fingerprint density at radius 2 is 2.10 bits per heavy atom. The van der Waals surface area contributed by atoms with Gasteiger partial charge in [-0.3, -0.25) is 4.79 Å². The Bertz CT molecular complexity index is 344. The van der Waals surface area contributed by atoms with Gasteiger partial charge in [0.05, 0.1) is 7.11 Å². The lowest BCUT2D eigenvalue weighted by Crippen LogP contribution is -2.52. The van der Waals surface area contributed by atoms with E-state index in [4.69, 9.17) is 15.2 Å². The molecule has 1 aliphatic carbocycles. The highest BCUT2D eigenvalue weighted by Crippen LogP contribution is 2.37. The van der Waals surface area contributed by atoms with Gasteiger partial charge in [-0.25, -0.2) is 0 Å². The number of hydrogen-bond donors (Lipinski definition) is 1. The standard InChI is InChI=1S/C16H30N2O3/c1-18(12-13-6-10-21-11-7-13)9-5-14-4-3-8-16(14,17)15(19)20-2/h13-14H,3-12,17H2,1-2H3. The molecule has 0 amide bonds. The average molecular weight is 298 g/mol. The van der Waals surface area contributed by atoms with Crippen molar-refractivity contribution in [3.63, 3.8) is 0 Å².